The van der Waals surface area contributed by atoms with Crippen LogP contribution in [0.1, 0.15) is 34.7 Å². The molecule has 0 aliphatic heterocycles. The summed E-state index contributed by atoms with van der Waals surface area (Å²) in [5.74, 6) is 0.0185. The summed E-state index contributed by atoms with van der Waals surface area (Å²) in [6.45, 7) is 0.367. The Morgan fingerprint density at radius 2 is 2.27 bits per heavy atom. The van der Waals surface area contributed by atoms with Gasteiger partial charge in [-0.3, -0.25) is 9.78 Å². The first-order valence-corrected chi connectivity index (χ1v) is 6.92. The summed E-state index contributed by atoms with van der Waals surface area (Å²) in [5.41, 5.74) is 1.94. The van der Waals surface area contributed by atoms with Crippen LogP contribution in [0.25, 0.3) is 5.57 Å². The Hall–Kier alpha value is -2.76. The fourth-order valence-electron chi connectivity index (χ4n) is 2.13. The molecule has 2 aromatic rings. The lowest BCUT2D eigenvalue weighted by Crippen LogP contribution is -2.23. The molecule has 6 heteroatoms. The zero-order valence-electron chi connectivity index (χ0n) is 11.8. The molecule has 0 atom stereocenters. The number of nitrogens with zero attached hydrogens (tertiary/aromatic N) is 2. The van der Waals surface area contributed by atoms with Crippen molar-refractivity contribution in [2.45, 2.75) is 19.4 Å². The van der Waals surface area contributed by atoms with Crippen molar-refractivity contribution in [2.75, 3.05) is 0 Å². The summed E-state index contributed by atoms with van der Waals surface area (Å²) in [5, 5.41) is 6.51. The normalized spacial score (nSPS) is 14.2. The zero-order valence-corrected chi connectivity index (χ0v) is 11.8. The van der Waals surface area contributed by atoms with Crippen LogP contribution < -0.4 is 5.32 Å². The van der Waals surface area contributed by atoms with Crippen molar-refractivity contribution in [3.8, 4) is 0 Å². The Morgan fingerprint density at radius 3 is 3.00 bits per heavy atom. The number of hydrogen-bond acceptors (Lipinski definition) is 4. The van der Waals surface area contributed by atoms with Crippen LogP contribution in [0.15, 0.2) is 53.1 Å². The molecule has 22 heavy (non-hydrogen) atoms. The van der Waals surface area contributed by atoms with Crippen molar-refractivity contribution in [1.29, 1.82) is 0 Å². The number of carbonyl (C=O) groups is 1. The number of amides is 1. The first kappa shape index (κ1) is 14.2. The molecule has 0 aromatic carbocycles. The predicted octanol–water partition coefficient (Wildman–Crippen LogP) is 3.03. The van der Waals surface area contributed by atoms with Gasteiger partial charge in [-0.15, -0.1) is 0 Å². The molecule has 2 heterocycles. The van der Waals surface area contributed by atoms with E-state index in [9.17, 15) is 9.18 Å². The van der Waals surface area contributed by atoms with Crippen molar-refractivity contribution in [3.05, 3.63) is 65.6 Å². The molecule has 0 radical (unpaired) electrons. The zero-order chi connectivity index (χ0) is 15.4. The predicted molar refractivity (Wildman–Crippen MR) is 78.3 cm³/mol. The molecule has 112 valence electrons. The summed E-state index contributed by atoms with van der Waals surface area (Å²) in [6.07, 6.45) is 7.29. The second-order valence-corrected chi connectivity index (χ2v) is 4.93. The standard InChI is InChI=1S/C16H14FN3O2/c17-13-5-3-12(4-6-13)15-8-14(20-22-15)16(21)19-10-11-2-1-7-18-9-11/h1-3,5,7-9H,4,6,10H2,(H,19,21). The summed E-state index contributed by atoms with van der Waals surface area (Å²) < 4.78 is 18.1. The average molecular weight is 299 g/mol. The van der Waals surface area contributed by atoms with Gasteiger partial charge in [0, 0.05) is 31.4 Å². The Labute approximate surface area is 126 Å². The molecule has 1 amide bonds. The summed E-state index contributed by atoms with van der Waals surface area (Å²) in [7, 11) is 0. The lowest BCUT2D eigenvalue weighted by molar-refractivity contribution is 0.0942. The molecule has 3 rings (SSSR count). The smallest absolute Gasteiger partial charge is 0.273 e. The van der Waals surface area contributed by atoms with Gasteiger partial charge in [-0.05, 0) is 29.7 Å². The molecule has 0 fully saturated rings. The lowest BCUT2D eigenvalue weighted by atomic mass is 10.0. The maximum atomic E-state index is 13.0. The topological polar surface area (TPSA) is 68.0 Å². The van der Waals surface area contributed by atoms with Crippen molar-refractivity contribution < 1.29 is 13.7 Å². The third kappa shape index (κ3) is 3.28. The molecule has 0 spiro atoms. The number of hydrogen-bond donors (Lipinski definition) is 1. The second-order valence-electron chi connectivity index (χ2n) is 4.93. The molecule has 2 aromatic heterocycles. The van der Waals surface area contributed by atoms with E-state index in [0.29, 0.717) is 25.1 Å². The van der Waals surface area contributed by atoms with E-state index in [1.165, 1.54) is 6.08 Å². The highest BCUT2D eigenvalue weighted by atomic mass is 19.1. The number of allylic oxidation sites excluding steroid dienone is 4. The molecule has 1 aliphatic carbocycles. The number of halogens is 1. The van der Waals surface area contributed by atoms with Crippen LogP contribution in [-0.4, -0.2) is 16.0 Å². The highest BCUT2D eigenvalue weighted by Crippen LogP contribution is 2.27. The second kappa shape index (κ2) is 6.34. The van der Waals surface area contributed by atoms with Gasteiger partial charge in [0.2, 0.25) is 0 Å². The minimum atomic E-state index is -0.322. The number of pyridine rings is 1. The van der Waals surface area contributed by atoms with Crippen molar-refractivity contribution in [3.63, 3.8) is 0 Å². The van der Waals surface area contributed by atoms with Gasteiger partial charge in [-0.2, -0.15) is 0 Å². The maximum Gasteiger partial charge on any atom is 0.273 e. The van der Waals surface area contributed by atoms with Crippen LogP contribution in [0, 0.1) is 0 Å². The molecule has 1 N–H and O–H groups in total. The highest BCUT2D eigenvalue weighted by molar-refractivity contribution is 5.92. The molecular weight excluding hydrogens is 285 g/mol. The molecule has 0 unspecified atom stereocenters. The summed E-state index contributed by atoms with van der Waals surface area (Å²) in [4.78, 5) is 16.0. The van der Waals surface area contributed by atoms with E-state index in [0.717, 1.165) is 11.1 Å². The van der Waals surface area contributed by atoms with E-state index < -0.39 is 0 Å². The highest BCUT2D eigenvalue weighted by Gasteiger charge is 2.16. The van der Waals surface area contributed by atoms with E-state index >= 15 is 0 Å². The molecule has 0 bridgehead atoms. The van der Waals surface area contributed by atoms with Crippen LogP contribution in [-0.2, 0) is 6.54 Å². The molecule has 0 saturated carbocycles. The Bertz CT molecular complexity index is 735. The third-order valence-electron chi connectivity index (χ3n) is 3.33. The molecular formula is C16H14FN3O2. The average Bonchev–Trinajstić information content (AvgIpc) is 3.04. The van der Waals surface area contributed by atoms with Crippen LogP contribution >= 0.6 is 0 Å². The first-order chi connectivity index (χ1) is 10.7. The maximum absolute atomic E-state index is 13.0. The van der Waals surface area contributed by atoms with Gasteiger partial charge < -0.3 is 9.84 Å². The largest absolute Gasteiger partial charge is 0.356 e. The first-order valence-electron chi connectivity index (χ1n) is 6.92. The summed E-state index contributed by atoms with van der Waals surface area (Å²) in [6, 6.07) is 5.24. The van der Waals surface area contributed by atoms with Gasteiger partial charge in [0.25, 0.3) is 5.91 Å². The minimum Gasteiger partial charge on any atom is -0.356 e. The Morgan fingerprint density at radius 1 is 1.36 bits per heavy atom. The van der Waals surface area contributed by atoms with Gasteiger partial charge in [0.05, 0.1) is 0 Å². The van der Waals surface area contributed by atoms with Gasteiger partial charge in [0.1, 0.15) is 5.83 Å². The van der Waals surface area contributed by atoms with Crippen molar-refractivity contribution >= 4 is 11.5 Å². The van der Waals surface area contributed by atoms with Gasteiger partial charge in [-0.1, -0.05) is 17.3 Å². The fourth-order valence-corrected chi connectivity index (χ4v) is 2.13. The van der Waals surface area contributed by atoms with Crippen LogP contribution in [0.5, 0.6) is 0 Å². The van der Waals surface area contributed by atoms with Crippen molar-refractivity contribution in [1.82, 2.24) is 15.5 Å². The monoisotopic (exact) mass is 299 g/mol. The van der Waals surface area contributed by atoms with E-state index in [4.69, 9.17) is 4.52 Å². The number of carbonyl (C=O) groups excluding carboxylic acids is 1. The van der Waals surface area contributed by atoms with Crippen LogP contribution in [0.3, 0.4) is 0 Å². The van der Waals surface area contributed by atoms with E-state index in [1.54, 1.807) is 30.6 Å². The number of nitrogens with one attached hydrogen (secondary N) is 1. The third-order valence-corrected chi connectivity index (χ3v) is 3.33. The quantitative estimate of drug-likeness (QED) is 0.942. The van der Waals surface area contributed by atoms with Crippen LogP contribution in [0.4, 0.5) is 4.39 Å². The van der Waals surface area contributed by atoms with Gasteiger partial charge in [0.15, 0.2) is 11.5 Å². The van der Waals surface area contributed by atoms with Crippen LogP contribution in [0.2, 0.25) is 0 Å². The minimum absolute atomic E-state index is 0.155. The Balaban J connectivity index is 1.65. The van der Waals surface area contributed by atoms with Gasteiger partial charge in [-0.25, -0.2) is 4.39 Å². The molecule has 5 nitrogen and oxygen atoms in total. The molecule has 1 aliphatic rings. The van der Waals surface area contributed by atoms with E-state index in [-0.39, 0.29) is 17.4 Å². The number of rotatable bonds is 4. The molecule has 0 saturated heterocycles. The van der Waals surface area contributed by atoms with Gasteiger partial charge >= 0.3 is 0 Å². The Kier molecular flexibility index (Phi) is 4.09. The fraction of sp³-hybridized carbons (Fsp3) is 0.188. The van der Waals surface area contributed by atoms with Crippen molar-refractivity contribution in [2.24, 2.45) is 0 Å². The SMILES string of the molecule is O=C(NCc1cccnc1)c1cc(C2=CC=C(F)CC2)on1. The summed E-state index contributed by atoms with van der Waals surface area (Å²) >= 11 is 0. The number of aromatic nitrogens is 2. The lowest BCUT2D eigenvalue weighted by Gasteiger charge is -2.05. The van der Waals surface area contributed by atoms with E-state index in [1.807, 2.05) is 6.07 Å². The van der Waals surface area contributed by atoms with E-state index in [2.05, 4.69) is 15.5 Å².